The summed E-state index contributed by atoms with van der Waals surface area (Å²) >= 11 is 0. The number of hydrogen-bond acceptors (Lipinski definition) is 4. The number of pyridine rings is 1. The lowest BCUT2D eigenvalue weighted by Crippen LogP contribution is -2.49. The molecule has 4 rings (SSSR count). The molecule has 1 saturated heterocycles. The first kappa shape index (κ1) is 16.8. The van der Waals surface area contributed by atoms with Gasteiger partial charge in [-0.15, -0.1) is 0 Å². The van der Waals surface area contributed by atoms with E-state index in [9.17, 15) is 4.79 Å². The molecule has 0 bridgehead atoms. The highest BCUT2D eigenvalue weighted by Gasteiger charge is 2.28. The SMILES string of the molecule is Cc1c(C(=O)N2CCN([C@@H](C)c3cccnc3)CC2)oc2ccccc12. The van der Waals surface area contributed by atoms with Crippen LogP contribution in [-0.2, 0) is 0 Å². The van der Waals surface area contributed by atoms with Crippen molar-refractivity contribution in [2.75, 3.05) is 26.2 Å². The molecule has 1 aliphatic rings. The van der Waals surface area contributed by atoms with Crippen LogP contribution in [0.4, 0.5) is 0 Å². The largest absolute Gasteiger partial charge is 0.451 e. The maximum Gasteiger partial charge on any atom is 0.289 e. The van der Waals surface area contributed by atoms with Crippen LogP contribution in [0.25, 0.3) is 11.0 Å². The Kier molecular flexibility index (Phi) is 4.47. The zero-order chi connectivity index (χ0) is 18.1. The number of furan rings is 1. The van der Waals surface area contributed by atoms with Gasteiger partial charge in [0.15, 0.2) is 5.76 Å². The van der Waals surface area contributed by atoms with E-state index in [1.165, 1.54) is 5.56 Å². The molecule has 1 fully saturated rings. The maximum absolute atomic E-state index is 12.9. The molecule has 26 heavy (non-hydrogen) atoms. The number of para-hydroxylation sites is 1. The van der Waals surface area contributed by atoms with Crippen molar-refractivity contribution >= 4 is 16.9 Å². The standard InChI is InChI=1S/C21H23N3O2/c1-15-18-7-3-4-8-19(18)26-20(15)21(25)24-12-10-23(11-13-24)16(2)17-6-5-9-22-14-17/h3-9,14,16H,10-13H2,1-2H3/t16-/m0/s1. The van der Waals surface area contributed by atoms with Gasteiger partial charge in [-0.3, -0.25) is 14.7 Å². The Bertz CT molecular complexity index is 911. The molecule has 1 atom stereocenters. The van der Waals surface area contributed by atoms with Crippen molar-refractivity contribution in [3.63, 3.8) is 0 Å². The van der Waals surface area contributed by atoms with Gasteiger partial charge in [-0.2, -0.15) is 0 Å². The van der Waals surface area contributed by atoms with Crippen LogP contribution in [-0.4, -0.2) is 46.9 Å². The number of piperazine rings is 1. The number of carbonyl (C=O) groups excluding carboxylic acids is 1. The summed E-state index contributed by atoms with van der Waals surface area (Å²) in [5.74, 6) is 0.465. The van der Waals surface area contributed by atoms with Gasteiger partial charge in [0.05, 0.1) is 0 Å². The van der Waals surface area contributed by atoms with Crippen molar-refractivity contribution in [3.8, 4) is 0 Å². The molecule has 1 aliphatic heterocycles. The molecule has 3 aromatic rings. The number of carbonyl (C=O) groups is 1. The van der Waals surface area contributed by atoms with Gasteiger partial charge in [0.25, 0.3) is 5.91 Å². The fourth-order valence-electron chi connectivity index (χ4n) is 3.67. The van der Waals surface area contributed by atoms with Gasteiger partial charge in [0, 0.05) is 55.6 Å². The summed E-state index contributed by atoms with van der Waals surface area (Å²) in [5, 5.41) is 1.01. The average molecular weight is 349 g/mol. The molecule has 0 unspecified atom stereocenters. The summed E-state index contributed by atoms with van der Waals surface area (Å²) < 4.78 is 5.84. The minimum atomic E-state index is -0.00705. The fourth-order valence-corrected chi connectivity index (χ4v) is 3.67. The average Bonchev–Trinajstić information content (AvgIpc) is 3.04. The highest BCUT2D eigenvalue weighted by molar-refractivity contribution is 5.98. The van der Waals surface area contributed by atoms with Gasteiger partial charge in [-0.1, -0.05) is 24.3 Å². The summed E-state index contributed by atoms with van der Waals surface area (Å²) in [7, 11) is 0. The number of fused-ring (bicyclic) bond motifs is 1. The highest BCUT2D eigenvalue weighted by Crippen LogP contribution is 2.27. The Labute approximate surface area is 153 Å². The van der Waals surface area contributed by atoms with E-state index in [-0.39, 0.29) is 5.91 Å². The monoisotopic (exact) mass is 349 g/mol. The Morgan fingerprint density at radius 3 is 2.58 bits per heavy atom. The van der Waals surface area contributed by atoms with Crippen molar-refractivity contribution in [2.45, 2.75) is 19.9 Å². The minimum absolute atomic E-state index is 0.00705. The van der Waals surface area contributed by atoms with E-state index >= 15 is 0 Å². The second kappa shape index (κ2) is 6.92. The molecule has 0 saturated carbocycles. The molecule has 1 amide bonds. The van der Waals surface area contributed by atoms with Crippen molar-refractivity contribution < 1.29 is 9.21 Å². The maximum atomic E-state index is 12.9. The second-order valence-corrected chi connectivity index (χ2v) is 6.84. The minimum Gasteiger partial charge on any atom is -0.451 e. The Morgan fingerprint density at radius 1 is 1.12 bits per heavy atom. The van der Waals surface area contributed by atoms with Crippen LogP contribution in [0.3, 0.4) is 0 Å². The second-order valence-electron chi connectivity index (χ2n) is 6.84. The number of benzene rings is 1. The Morgan fingerprint density at radius 2 is 1.88 bits per heavy atom. The smallest absolute Gasteiger partial charge is 0.289 e. The van der Waals surface area contributed by atoms with E-state index in [4.69, 9.17) is 4.42 Å². The summed E-state index contributed by atoms with van der Waals surface area (Å²) in [6.45, 7) is 7.26. The van der Waals surface area contributed by atoms with Crippen molar-refractivity contribution in [2.24, 2.45) is 0 Å². The van der Waals surface area contributed by atoms with E-state index in [2.05, 4.69) is 22.9 Å². The lowest BCUT2D eigenvalue weighted by Gasteiger charge is -2.37. The fraction of sp³-hybridized carbons (Fsp3) is 0.333. The van der Waals surface area contributed by atoms with E-state index in [1.807, 2.05) is 48.4 Å². The van der Waals surface area contributed by atoms with Crippen molar-refractivity contribution in [1.82, 2.24) is 14.8 Å². The highest BCUT2D eigenvalue weighted by atomic mass is 16.3. The van der Waals surface area contributed by atoms with Crippen molar-refractivity contribution in [3.05, 3.63) is 65.7 Å². The molecular formula is C21H23N3O2. The first-order valence-electron chi connectivity index (χ1n) is 9.06. The molecular weight excluding hydrogens is 326 g/mol. The van der Waals surface area contributed by atoms with Crippen molar-refractivity contribution in [1.29, 1.82) is 0 Å². The van der Waals surface area contributed by atoms with Crippen LogP contribution in [0.5, 0.6) is 0 Å². The summed E-state index contributed by atoms with van der Waals surface area (Å²) in [6.07, 6.45) is 3.71. The first-order chi connectivity index (χ1) is 12.6. The topological polar surface area (TPSA) is 49.6 Å². The van der Waals surface area contributed by atoms with Gasteiger partial charge in [-0.25, -0.2) is 0 Å². The number of rotatable bonds is 3. The third-order valence-electron chi connectivity index (χ3n) is 5.35. The van der Waals surface area contributed by atoms with E-state index in [1.54, 1.807) is 6.20 Å². The molecule has 2 aromatic heterocycles. The summed E-state index contributed by atoms with van der Waals surface area (Å²) in [4.78, 5) is 21.4. The van der Waals surface area contributed by atoms with E-state index in [0.717, 1.165) is 29.6 Å². The summed E-state index contributed by atoms with van der Waals surface area (Å²) in [6, 6.07) is 12.2. The Hall–Kier alpha value is -2.66. The summed E-state index contributed by atoms with van der Waals surface area (Å²) in [5.41, 5.74) is 2.91. The number of aryl methyl sites for hydroxylation is 1. The normalized spacial score (nSPS) is 16.8. The van der Waals surface area contributed by atoms with Gasteiger partial charge < -0.3 is 9.32 Å². The molecule has 0 aliphatic carbocycles. The molecule has 5 nitrogen and oxygen atoms in total. The zero-order valence-electron chi connectivity index (χ0n) is 15.2. The third kappa shape index (κ3) is 2.99. The zero-order valence-corrected chi connectivity index (χ0v) is 15.2. The van der Waals surface area contributed by atoms with Crippen LogP contribution in [0.2, 0.25) is 0 Å². The van der Waals surface area contributed by atoms with Gasteiger partial charge in [0.2, 0.25) is 0 Å². The lowest BCUT2D eigenvalue weighted by atomic mass is 10.1. The van der Waals surface area contributed by atoms with Crippen LogP contribution in [0, 0.1) is 6.92 Å². The number of hydrogen-bond donors (Lipinski definition) is 0. The molecule has 3 heterocycles. The van der Waals surface area contributed by atoms with Crippen LogP contribution in [0.15, 0.2) is 53.2 Å². The predicted octanol–water partition coefficient (Wildman–Crippen LogP) is 3.66. The molecule has 0 radical (unpaired) electrons. The van der Waals surface area contributed by atoms with Gasteiger partial charge in [0.1, 0.15) is 5.58 Å². The molecule has 1 aromatic carbocycles. The predicted molar refractivity (Wildman–Crippen MR) is 101 cm³/mol. The third-order valence-corrected chi connectivity index (χ3v) is 5.35. The molecule has 0 spiro atoms. The first-order valence-corrected chi connectivity index (χ1v) is 9.06. The van der Waals surface area contributed by atoms with Gasteiger partial charge >= 0.3 is 0 Å². The molecule has 5 heteroatoms. The van der Waals surface area contributed by atoms with Gasteiger partial charge in [-0.05, 0) is 31.5 Å². The number of nitrogens with zero attached hydrogens (tertiary/aromatic N) is 3. The number of aromatic nitrogens is 1. The lowest BCUT2D eigenvalue weighted by molar-refractivity contribution is 0.0554. The quantitative estimate of drug-likeness (QED) is 0.724. The molecule has 134 valence electrons. The molecule has 0 N–H and O–H groups in total. The number of amides is 1. The van der Waals surface area contributed by atoms with Crippen LogP contribution < -0.4 is 0 Å². The van der Waals surface area contributed by atoms with Crippen LogP contribution >= 0.6 is 0 Å². The van der Waals surface area contributed by atoms with E-state index in [0.29, 0.717) is 24.9 Å². The Balaban J connectivity index is 1.46. The van der Waals surface area contributed by atoms with Crippen LogP contribution in [0.1, 0.15) is 34.6 Å². The van der Waals surface area contributed by atoms with E-state index < -0.39 is 0 Å².